The minimum atomic E-state index is -0.209. The Labute approximate surface area is 165 Å². The Kier molecular flexibility index (Phi) is 5.64. The molecule has 0 spiro atoms. The lowest BCUT2D eigenvalue weighted by atomic mass is 9.86. The topological polar surface area (TPSA) is 63.2 Å². The monoisotopic (exact) mass is 375 g/mol. The molecule has 1 aromatic heterocycles. The van der Waals surface area contributed by atoms with E-state index in [1.807, 2.05) is 30.3 Å². The fourth-order valence-electron chi connectivity index (χ4n) is 2.89. The lowest BCUT2D eigenvalue weighted by Crippen LogP contribution is -2.14. The van der Waals surface area contributed by atoms with E-state index in [9.17, 15) is 4.79 Å². The molecule has 28 heavy (non-hydrogen) atoms. The fraction of sp³-hybridized carbons (Fsp3) is 0.217. The maximum atomic E-state index is 12.4. The molecule has 0 aliphatic heterocycles. The van der Waals surface area contributed by atoms with Crippen LogP contribution in [0.1, 0.15) is 36.7 Å². The number of carbonyl (C=O) groups excluding carboxylic acids is 1. The highest BCUT2D eigenvalue weighted by Crippen LogP contribution is 2.31. The molecule has 0 radical (unpaired) electrons. The quantitative estimate of drug-likeness (QED) is 0.628. The summed E-state index contributed by atoms with van der Waals surface area (Å²) in [6.45, 7) is 6.54. The van der Waals surface area contributed by atoms with Gasteiger partial charge < -0.3 is 15.4 Å². The number of nitrogens with one attached hydrogen (secondary N) is 2. The van der Waals surface area contributed by atoms with E-state index in [-0.39, 0.29) is 11.3 Å². The molecule has 2 N–H and O–H groups in total. The van der Waals surface area contributed by atoms with Gasteiger partial charge in [-0.3, -0.25) is 4.79 Å². The largest absolute Gasteiger partial charge is 0.497 e. The zero-order valence-corrected chi connectivity index (χ0v) is 16.6. The third-order valence-corrected chi connectivity index (χ3v) is 4.35. The first-order valence-corrected chi connectivity index (χ1v) is 9.15. The van der Waals surface area contributed by atoms with Crippen molar-refractivity contribution in [3.8, 4) is 5.75 Å². The standard InChI is InChI=1S/C23H25N3O2/c1-23(2,3)19-10-5-6-11-20(19)26-21-13-12-17(15-24-21)25-22(27)16-8-7-9-18(14-16)28-4/h5-15H,1-4H3,(H,24,26)(H,25,27). The Morgan fingerprint density at radius 1 is 1.00 bits per heavy atom. The Morgan fingerprint density at radius 2 is 1.79 bits per heavy atom. The van der Waals surface area contributed by atoms with Gasteiger partial charge in [-0.1, -0.05) is 45.0 Å². The van der Waals surface area contributed by atoms with E-state index >= 15 is 0 Å². The minimum Gasteiger partial charge on any atom is -0.497 e. The number of amides is 1. The predicted molar refractivity (Wildman–Crippen MR) is 114 cm³/mol. The van der Waals surface area contributed by atoms with Crippen LogP contribution in [-0.2, 0) is 5.41 Å². The summed E-state index contributed by atoms with van der Waals surface area (Å²) < 4.78 is 5.16. The molecule has 0 saturated carbocycles. The van der Waals surface area contributed by atoms with Crippen molar-refractivity contribution < 1.29 is 9.53 Å². The van der Waals surface area contributed by atoms with Crippen molar-refractivity contribution in [2.75, 3.05) is 17.7 Å². The van der Waals surface area contributed by atoms with Gasteiger partial charge in [0.2, 0.25) is 0 Å². The molecule has 0 aliphatic rings. The highest BCUT2D eigenvalue weighted by molar-refractivity contribution is 6.04. The SMILES string of the molecule is COc1cccc(C(=O)Nc2ccc(Nc3ccccc3C(C)(C)C)nc2)c1. The molecular formula is C23H25N3O2. The maximum Gasteiger partial charge on any atom is 0.255 e. The van der Waals surface area contributed by atoms with Crippen LogP contribution in [-0.4, -0.2) is 18.0 Å². The molecule has 5 nitrogen and oxygen atoms in total. The van der Waals surface area contributed by atoms with Crippen molar-refractivity contribution >= 4 is 23.1 Å². The van der Waals surface area contributed by atoms with Crippen LogP contribution < -0.4 is 15.4 Å². The number of nitrogens with zero attached hydrogens (tertiary/aromatic N) is 1. The minimum absolute atomic E-state index is 0.0221. The maximum absolute atomic E-state index is 12.4. The van der Waals surface area contributed by atoms with E-state index in [2.05, 4.69) is 42.5 Å². The molecule has 2 aromatic carbocycles. The van der Waals surface area contributed by atoms with Crippen molar-refractivity contribution in [1.82, 2.24) is 4.98 Å². The molecule has 0 saturated heterocycles. The van der Waals surface area contributed by atoms with E-state index in [4.69, 9.17) is 4.74 Å². The van der Waals surface area contributed by atoms with Gasteiger partial charge in [0.25, 0.3) is 5.91 Å². The molecule has 0 atom stereocenters. The number of para-hydroxylation sites is 1. The summed E-state index contributed by atoms with van der Waals surface area (Å²) in [5, 5.41) is 6.22. The van der Waals surface area contributed by atoms with Crippen molar-refractivity contribution in [2.24, 2.45) is 0 Å². The molecule has 0 bridgehead atoms. The number of hydrogen-bond donors (Lipinski definition) is 2. The smallest absolute Gasteiger partial charge is 0.255 e. The average molecular weight is 375 g/mol. The van der Waals surface area contributed by atoms with Crippen LogP contribution >= 0.6 is 0 Å². The second-order valence-corrected chi connectivity index (χ2v) is 7.54. The zero-order chi connectivity index (χ0) is 20.1. The number of ether oxygens (including phenoxy) is 1. The number of rotatable bonds is 5. The van der Waals surface area contributed by atoms with Crippen LogP contribution in [0.2, 0.25) is 0 Å². The first-order valence-electron chi connectivity index (χ1n) is 9.15. The summed E-state index contributed by atoms with van der Waals surface area (Å²) in [6, 6.07) is 18.9. The zero-order valence-electron chi connectivity index (χ0n) is 16.6. The van der Waals surface area contributed by atoms with Gasteiger partial charge in [-0.15, -0.1) is 0 Å². The second-order valence-electron chi connectivity index (χ2n) is 7.54. The molecule has 0 fully saturated rings. The van der Waals surface area contributed by atoms with E-state index < -0.39 is 0 Å². The van der Waals surface area contributed by atoms with Crippen LogP contribution in [0.25, 0.3) is 0 Å². The highest BCUT2D eigenvalue weighted by Gasteiger charge is 2.17. The lowest BCUT2D eigenvalue weighted by Gasteiger charge is -2.23. The Bertz CT molecular complexity index is 960. The number of anilines is 3. The van der Waals surface area contributed by atoms with E-state index in [1.54, 1.807) is 37.6 Å². The summed E-state index contributed by atoms with van der Waals surface area (Å²) in [4.78, 5) is 16.8. The third kappa shape index (κ3) is 4.68. The highest BCUT2D eigenvalue weighted by atomic mass is 16.5. The van der Waals surface area contributed by atoms with Gasteiger partial charge in [-0.05, 0) is 47.4 Å². The Hall–Kier alpha value is -3.34. The molecule has 144 valence electrons. The van der Waals surface area contributed by atoms with Crippen molar-refractivity contribution in [3.63, 3.8) is 0 Å². The van der Waals surface area contributed by atoms with Crippen LogP contribution in [0.5, 0.6) is 5.75 Å². The summed E-state index contributed by atoms with van der Waals surface area (Å²) in [5.41, 5.74) is 3.42. The molecule has 3 aromatic rings. The van der Waals surface area contributed by atoms with Gasteiger partial charge in [-0.2, -0.15) is 0 Å². The van der Waals surface area contributed by atoms with E-state index in [1.165, 1.54) is 5.56 Å². The van der Waals surface area contributed by atoms with Crippen molar-refractivity contribution in [2.45, 2.75) is 26.2 Å². The normalized spacial score (nSPS) is 11.0. The first kappa shape index (κ1) is 19.4. The molecule has 0 unspecified atom stereocenters. The number of hydrogen-bond acceptors (Lipinski definition) is 4. The number of aromatic nitrogens is 1. The lowest BCUT2D eigenvalue weighted by molar-refractivity contribution is 0.102. The molecule has 1 amide bonds. The average Bonchev–Trinajstić information content (AvgIpc) is 2.69. The van der Waals surface area contributed by atoms with E-state index in [0.29, 0.717) is 17.0 Å². The van der Waals surface area contributed by atoms with Gasteiger partial charge in [0.05, 0.1) is 19.0 Å². The van der Waals surface area contributed by atoms with Crippen molar-refractivity contribution in [1.29, 1.82) is 0 Å². The second kappa shape index (κ2) is 8.13. The summed E-state index contributed by atoms with van der Waals surface area (Å²) in [7, 11) is 1.57. The molecule has 3 rings (SSSR count). The number of benzene rings is 2. The number of methoxy groups -OCH3 is 1. The van der Waals surface area contributed by atoms with Gasteiger partial charge in [-0.25, -0.2) is 4.98 Å². The molecule has 5 heteroatoms. The van der Waals surface area contributed by atoms with Crippen LogP contribution in [0.3, 0.4) is 0 Å². The fourth-order valence-corrected chi connectivity index (χ4v) is 2.89. The molecule has 0 aliphatic carbocycles. The summed E-state index contributed by atoms with van der Waals surface area (Å²) in [5.74, 6) is 1.15. The Balaban J connectivity index is 1.71. The number of pyridine rings is 1. The number of carbonyl (C=O) groups is 1. The van der Waals surface area contributed by atoms with Gasteiger partial charge in [0.15, 0.2) is 0 Å². The Morgan fingerprint density at radius 3 is 2.46 bits per heavy atom. The van der Waals surface area contributed by atoms with E-state index in [0.717, 1.165) is 11.5 Å². The van der Waals surface area contributed by atoms with Gasteiger partial charge >= 0.3 is 0 Å². The van der Waals surface area contributed by atoms with Crippen LogP contribution in [0.4, 0.5) is 17.2 Å². The third-order valence-electron chi connectivity index (χ3n) is 4.35. The summed E-state index contributed by atoms with van der Waals surface area (Å²) >= 11 is 0. The van der Waals surface area contributed by atoms with Gasteiger partial charge in [0, 0.05) is 11.3 Å². The van der Waals surface area contributed by atoms with Crippen LogP contribution in [0.15, 0.2) is 66.9 Å². The predicted octanol–water partition coefficient (Wildman–Crippen LogP) is 5.38. The van der Waals surface area contributed by atoms with Crippen LogP contribution in [0, 0.1) is 0 Å². The molecule has 1 heterocycles. The van der Waals surface area contributed by atoms with Crippen molar-refractivity contribution in [3.05, 3.63) is 78.0 Å². The first-order chi connectivity index (χ1) is 13.4. The molecular weight excluding hydrogens is 350 g/mol. The summed E-state index contributed by atoms with van der Waals surface area (Å²) in [6.07, 6.45) is 1.64. The van der Waals surface area contributed by atoms with Gasteiger partial charge in [0.1, 0.15) is 11.6 Å².